The fourth-order valence-electron chi connectivity index (χ4n) is 3.18. The van der Waals surface area contributed by atoms with Gasteiger partial charge in [0.2, 0.25) is 11.8 Å². The van der Waals surface area contributed by atoms with Gasteiger partial charge in [-0.05, 0) is 28.0 Å². The van der Waals surface area contributed by atoms with Crippen LogP contribution in [0.1, 0.15) is 56.2 Å². The van der Waals surface area contributed by atoms with Gasteiger partial charge in [0.1, 0.15) is 5.82 Å². The number of carbonyl (C=O) groups excluding carboxylic acids is 2. The maximum atomic E-state index is 12.7. The van der Waals surface area contributed by atoms with Gasteiger partial charge in [0.15, 0.2) is 0 Å². The van der Waals surface area contributed by atoms with E-state index in [9.17, 15) is 9.59 Å². The van der Waals surface area contributed by atoms with Crippen LogP contribution in [0.5, 0.6) is 0 Å². The maximum Gasteiger partial charge on any atom is 0.227 e. The standard InChI is InChI=1S/C23H28N4O2S/c1-16(28)25-19(20-6-5-13-30-20)14-22(29)26-21-11-12-24-27(21)15-17-7-9-18(10-8-17)23(2,3)4/h5-13,19H,14-15H2,1-4H3,(H,25,28)(H,26,29)/t19-/m1/s1. The molecular weight excluding hydrogens is 396 g/mol. The minimum Gasteiger partial charge on any atom is -0.348 e. The Morgan fingerprint density at radius 1 is 1.13 bits per heavy atom. The molecule has 0 spiro atoms. The number of benzene rings is 1. The summed E-state index contributed by atoms with van der Waals surface area (Å²) in [5, 5.41) is 12.1. The highest BCUT2D eigenvalue weighted by molar-refractivity contribution is 7.10. The molecule has 0 aliphatic carbocycles. The zero-order valence-electron chi connectivity index (χ0n) is 17.8. The number of rotatable bonds is 7. The van der Waals surface area contributed by atoms with E-state index < -0.39 is 0 Å². The Morgan fingerprint density at radius 2 is 1.87 bits per heavy atom. The van der Waals surface area contributed by atoms with Crippen molar-refractivity contribution in [3.63, 3.8) is 0 Å². The molecule has 30 heavy (non-hydrogen) atoms. The predicted molar refractivity (Wildman–Crippen MR) is 121 cm³/mol. The number of hydrogen-bond acceptors (Lipinski definition) is 4. The molecule has 2 N–H and O–H groups in total. The molecule has 0 unspecified atom stereocenters. The third kappa shape index (κ3) is 5.79. The minimum absolute atomic E-state index is 0.108. The Kier molecular flexibility index (Phi) is 6.72. The van der Waals surface area contributed by atoms with Gasteiger partial charge in [0.25, 0.3) is 0 Å². The van der Waals surface area contributed by atoms with E-state index in [0.717, 1.165) is 10.4 Å². The monoisotopic (exact) mass is 424 g/mol. The van der Waals surface area contributed by atoms with Gasteiger partial charge < -0.3 is 10.6 Å². The summed E-state index contributed by atoms with van der Waals surface area (Å²) in [5.41, 5.74) is 2.49. The summed E-state index contributed by atoms with van der Waals surface area (Å²) in [6.07, 6.45) is 1.83. The molecule has 3 aromatic rings. The summed E-state index contributed by atoms with van der Waals surface area (Å²) in [7, 11) is 0. The van der Waals surface area contributed by atoms with E-state index >= 15 is 0 Å². The number of thiophene rings is 1. The van der Waals surface area contributed by atoms with E-state index in [1.807, 2.05) is 17.5 Å². The first kappa shape index (κ1) is 21.8. The van der Waals surface area contributed by atoms with Crippen LogP contribution in [0.4, 0.5) is 5.82 Å². The molecule has 0 radical (unpaired) electrons. The minimum atomic E-state index is -0.344. The summed E-state index contributed by atoms with van der Waals surface area (Å²) in [4.78, 5) is 25.1. The number of aromatic nitrogens is 2. The van der Waals surface area contributed by atoms with Crippen molar-refractivity contribution in [3.05, 3.63) is 70.0 Å². The number of nitrogens with zero attached hydrogens (tertiary/aromatic N) is 2. The van der Waals surface area contributed by atoms with Gasteiger partial charge in [0, 0.05) is 17.9 Å². The van der Waals surface area contributed by atoms with Crippen LogP contribution < -0.4 is 10.6 Å². The lowest BCUT2D eigenvalue weighted by molar-refractivity contribution is -0.120. The normalized spacial score (nSPS) is 12.4. The molecule has 0 bridgehead atoms. The van der Waals surface area contributed by atoms with Gasteiger partial charge in [-0.1, -0.05) is 51.1 Å². The van der Waals surface area contributed by atoms with Crippen molar-refractivity contribution < 1.29 is 9.59 Å². The van der Waals surface area contributed by atoms with E-state index in [4.69, 9.17) is 0 Å². The maximum absolute atomic E-state index is 12.7. The molecule has 158 valence electrons. The topological polar surface area (TPSA) is 76.0 Å². The molecule has 0 aliphatic rings. The molecule has 0 aliphatic heterocycles. The van der Waals surface area contributed by atoms with Crippen molar-refractivity contribution in [2.24, 2.45) is 0 Å². The first-order valence-electron chi connectivity index (χ1n) is 9.94. The summed E-state index contributed by atoms with van der Waals surface area (Å²) in [6.45, 7) is 8.58. The highest BCUT2D eigenvalue weighted by Crippen LogP contribution is 2.24. The quantitative estimate of drug-likeness (QED) is 0.586. The van der Waals surface area contributed by atoms with E-state index in [2.05, 4.69) is 60.8 Å². The fraction of sp³-hybridized carbons (Fsp3) is 0.348. The van der Waals surface area contributed by atoms with Crippen molar-refractivity contribution in [3.8, 4) is 0 Å². The molecule has 0 fully saturated rings. The van der Waals surface area contributed by atoms with Crippen LogP contribution in [-0.4, -0.2) is 21.6 Å². The highest BCUT2D eigenvalue weighted by Gasteiger charge is 2.19. The molecule has 1 aromatic carbocycles. The average Bonchev–Trinajstić information content (AvgIpc) is 3.33. The summed E-state index contributed by atoms with van der Waals surface area (Å²) < 4.78 is 1.77. The van der Waals surface area contributed by atoms with Crippen molar-refractivity contribution in [1.29, 1.82) is 0 Å². The van der Waals surface area contributed by atoms with Crippen molar-refractivity contribution >= 4 is 29.0 Å². The van der Waals surface area contributed by atoms with E-state index in [-0.39, 0.29) is 29.7 Å². The van der Waals surface area contributed by atoms with Gasteiger partial charge in [-0.25, -0.2) is 4.68 Å². The molecule has 0 saturated heterocycles. The van der Waals surface area contributed by atoms with Crippen LogP contribution >= 0.6 is 11.3 Å². The zero-order valence-corrected chi connectivity index (χ0v) is 18.6. The summed E-state index contributed by atoms with van der Waals surface area (Å²) >= 11 is 1.52. The predicted octanol–water partition coefficient (Wildman–Crippen LogP) is 4.50. The van der Waals surface area contributed by atoms with Crippen molar-refractivity contribution in [1.82, 2.24) is 15.1 Å². The molecular formula is C23H28N4O2S. The Hall–Kier alpha value is -2.93. The van der Waals surface area contributed by atoms with Crippen molar-refractivity contribution in [2.75, 3.05) is 5.32 Å². The summed E-state index contributed by atoms with van der Waals surface area (Å²) in [6, 6.07) is 13.7. The number of hydrogen-bond donors (Lipinski definition) is 2. The Balaban J connectivity index is 1.66. The third-order valence-electron chi connectivity index (χ3n) is 4.79. The number of carbonyl (C=O) groups is 2. The van der Waals surface area contributed by atoms with Gasteiger partial charge in [-0.15, -0.1) is 11.3 Å². The molecule has 7 heteroatoms. The number of amides is 2. The zero-order chi connectivity index (χ0) is 21.7. The molecule has 1 atom stereocenters. The van der Waals surface area contributed by atoms with Crippen LogP contribution in [0, 0.1) is 0 Å². The van der Waals surface area contributed by atoms with Crippen molar-refractivity contribution in [2.45, 2.75) is 52.1 Å². The van der Waals surface area contributed by atoms with E-state index in [0.29, 0.717) is 12.4 Å². The van der Waals surface area contributed by atoms with Crippen LogP contribution in [0.2, 0.25) is 0 Å². The van der Waals surface area contributed by atoms with Gasteiger partial charge in [-0.2, -0.15) is 5.10 Å². The number of anilines is 1. The van der Waals surface area contributed by atoms with Gasteiger partial charge in [-0.3, -0.25) is 9.59 Å². The van der Waals surface area contributed by atoms with Crippen LogP contribution in [0.15, 0.2) is 54.0 Å². The smallest absolute Gasteiger partial charge is 0.227 e. The second-order valence-electron chi connectivity index (χ2n) is 8.34. The van der Waals surface area contributed by atoms with Crippen LogP contribution in [0.3, 0.4) is 0 Å². The molecule has 0 saturated carbocycles. The second kappa shape index (κ2) is 9.26. The van der Waals surface area contributed by atoms with Gasteiger partial charge >= 0.3 is 0 Å². The van der Waals surface area contributed by atoms with E-state index in [1.165, 1.54) is 23.8 Å². The van der Waals surface area contributed by atoms with E-state index in [1.54, 1.807) is 16.9 Å². The first-order chi connectivity index (χ1) is 14.2. The highest BCUT2D eigenvalue weighted by atomic mass is 32.1. The first-order valence-corrected chi connectivity index (χ1v) is 10.8. The largest absolute Gasteiger partial charge is 0.348 e. The van der Waals surface area contributed by atoms with Gasteiger partial charge in [0.05, 0.1) is 25.2 Å². The second-order valence-corrected chi connectivity index (χ2v) is 9.32. The summed E-state index contributed by atoms with van der Waals surface area (Å²) in [5.74, 6) is 0.296. The average molecular weight is 425 g/mol. The molecule has 2 aromatic heterocycles. The van der Waals surface area contributed by atoms with Crippen LogP contribution in [0.25, 0.3) is 0 Å². The number of nitrogens with one attached hydrogen (secondary N) is 2. The fourth-order valence-corrected chi connectivity index (χ4v) is 3.96. The molecule has 6 nitrogen and oxygen atoms in total. The Labute approximate surface area is 181 Å². The lowest BCUT2D eigenvalue weighted by Crippen LogP contribution is -2.29. The molecule has 2 heterocycles. The van der Waals surface area contributed by atoms with Crippen LogP contribution in [-0.2, 0) is 21.5 Å². The molecule has 2 amide bonds. The molecule has 3 rings (SSSR count). The third-order valence-corrected chi connectivity index (χ3v) is 5.78. The lowest BCUT2D eigenvalue weighted by Gasteiger charge is -2.19. The SMILES string of the molecule is CC(=O)N[C@H](CC(=O)Nc1ccnn1Cc1ccc(C(C)(C)C)cc1)c1cccs1. The Morgan fingerprint density at radius 3 is 2.47 bits per heavy atom. The Bertz CT molecular complexity index is 985. The lowest BCUT2D eigenvalue weighted by atomic mass is 9.87.